The molecule has 0 aromatic heterocycles. The van der Waals surface area contributed by atoms with Crippen molar-refractivity contribution in [1.29, 1.82) is 0 Å². The Morgan fingerprint density at radius 2 is 1.50 bits per heavy atom. The fourth-order valence-electron chi connectivity index (χ4n) is 1.55. The smallest absolute Gasteiger partial charge is 0.171 e. The van der Waals surface area contributed by atoms with E-state index in [1.54, 1.807) is 13.8 Å². The molecule has 1 aromatic rings. The highest BCUT2D eigenvalue weighted by Gasteiger charge is 2.33. The van der Waals surface area contributed by atoms with Gasteiger partial charge in [-0.3, -0.25) is 0 Å². The number of benzene rings is 1. The zero-order chi connectivity index (χ0) is 14.1. The van der Waals surface area contributed by atoms with E-state index >= 15 is 0 Å². The van der Waals surface area contributed by atoms with Gasteiger partial charge in [-0.25, -0.2) is 0 Å². The average molecular weight is 270 g/mol. The molecule has 0 atom stereocenters. The van der Waals surface area contributed by atoms with Gasteiger partial charge in [-0.15, -0.1) is 0 Å². The van der Waals surface area contributed by atoms with Gasteiger partial charge in [0.2, 0.25) is 0 Å². The molecule has 0 unspecified atom stereocenters. The average Bonchev–Trinajstić information content (AvgIpc) is 2.12. The SMILES string of the molecule is CC(C)c1cc(CC(F)(F)F)cc(C(F)(F)F)c1. The van der Waals surface area contributed by atoms with E-state index in [-0.39, 0.29) is 17.0 Å². The summed E-state index contributed by atoms with van der Waals surface area (Å²) < 4.78 is 74.4. The number of rotatable bonds is 2. The summed E-state index contributed by atoms with van der Waals surface area (Å²) in [5.41, 5.74) is -1.14. The molecular weight excluding hydrogens is 258 g/mol. The summed E-state index contributed by atoms with van der Waals surface area (Å²) in [5, 5.41) is 0. The molecule has 6 heteroatoms. The van der Waals surface area contributed by atoms with Gasteiger partial charge in [0.15, 0.2) is 0 Å². The normalized spacial score (nSPS) is 13.2. The van der Waals surface area contributed by atoms with Crippen molar-refractivity contribution in [2.24, 2.45) is 0 Å². The van der Waals surface area contributed by atoms with Crippen LogP contribution in [0.1, 0.15) is 36.5 Å². The van der Waals surface area contributed by atoms with Gasteiger partial charge in [-0.2, -0.15) is 26.3 Å². The molecule has 0 aliphatic heterocycles. The second-order valence-corrected chi connectivity index (χ2v) is 4.41. The molecule has 1 rings (SSSR count). The van der Waals surface area contributed by atoms with Crippen molar-refractivity contribution in [1.82, 2.24) is 0 Å². The van der Waals surface area contributed by atoms with Crippen LogP contribution in [-0.4, -0.2) is 6.18 Å². The van der Waals surface area contributed by atoms with Gasteiger partial charge in [0.05, 0.1) is 12.0 Å². The highest BCUT2D eigenvalue weighted by molar-refractivity contribution is 5.34. The van der Waals surface area contributed by atoms with Gasteiger partial charge in [0, 0.05) is 0 Å². The first-order valence-electron chi connectivity index (χ1n) is 5.27. The molecule has 0 saturated heterocycles. The Balaban J connectivity index is 3.23. The molecule has 0 bridgehead atoms. The second-order valence-electron chi connectivity index (χ2n) is 4.41. The third kappa shape index (κ3) is 4.23. The Labute approximate surface area is 101 Å². The summed E-state index contributed by atoms with van der Waals surface area (Å²) in [5.74, 6) is -0.265. The van der Waals surface area contributed by atoms with Crippen LogP contribution >= 0.6 is 0 Å². The largest absolute Gasteiger partial charge is 0.416 e. The summed E-state index contributed by atoms with van der Waals surface area (Å²) in [6.07, 6.45) is -10.5. The molecule has 0 nitrogen and oxygen atoms in total. The third-order valence-corrected chi connectivity index (χ3v) is 2.41. The van der Waals surface area contributed by atoms with Crippen LogP contribution in [0.15, 0.2) is 18.2 Å². The summed E-state index contributed by atoms with van der Waals surface area (Å²) in [6.45, 7) is 3.26. The molecule has 1 aromatic carbocycles. The maximum atomic E-state index is 12.6. The zero-order valence-electron chi connectivity index (χ0n) is 9.78. The van der Waals surface area contributed by atoms with Crippen molar-refractivity contribution in [2.45, 2.75) is 38.5 Å². The van der Waals surface area contributed by atoms with Crippen molar-refractivity contribution < 1.29 is 26.3 Å². The van der Waals surface area contributed by atoms with E-state index in [1.807, 2.05) is 0 Å². The lowest BCUT2D eigenvalue weighted by Crippen LogP contribution is -2.14. The minimum Gasteiger partial charge on any atom is -0.171 e. The van der Waals surface area contributed by atoms with Crippen molar-refractivity contribution in [2.75, 3.05) is 0 Å². The first-order chi connectivity index (χ1) is 7.99. The van der Waals surface area contributed by atoms with Crippen LogP contribution in [0.4, 0.5) is 26.3 Å². The second kappa shape index (κ2) is 4.82. The summed E-state index contributed by atoms with van der Waals surface area (Å²) >= 11 is 0. The molecule has 0 N–H and O–H groups in total. The van der Waals surface area contributed by atoms with Crippen LogP contribution in [-0.2, 0) is 12.6 Å². The highest BCUT2D eigenvalue weighted by Crippen LogP contribution is 2.33. The first kappa shape index (κ1) is 14.9. The lowest BCUT2D eigenvalue weighted by Gasteiger charge is -2.15. The standard InChI is InChI=1S/C12H12F6/c1-7(2)9-3-8(6-11(13,14)15)4-10(5-9)12(16,17)18/h3-5,7H,6H2,1-2H3. The number of halogens is 6. The fraction of sp³-hybridized carbons (Fsp3) is 0.500. The molecule has 0 radical (unpaired) electrons. The quantitative estimate of drug-likeness (QED) is 0.668. The topological polar surface area (TPSA) is 0 Å². The maximum Gasteiger partial charge on any atom is 0.416 e. The molecule has 0 aliphatic carbocycles. The van der Waals surface area contributed by atoms with Crippen LogP contribution in [0.2, 0.25) is 0 Å². The van der Waals surface area contributed by atoms with Crippen LogP contribution < -0.4 is 0 Å². The van der Waals surface area contributed by atoms with Gasteiger partial charge in [0.1, 0.15) is 0 Å². The molecule has 0 spiro atoms. The Bertz CT molecular complexity index is 414. The Morgan fingerprint density at radius 1 is 0.944 bits per heavy atom. The first-order valence-corrected chi connectivity index (χ1v) is 5.27. The highest BCUT2D eigenvalue weighted by atomic mass is 19.4. The Morgan fingerprint density at radius 3 is 1.89 bits per heavy atom. The lowest BCUT2D eigenvalue weighted by atomic mass is 9.96. The van der Waals surface area contributed by atoms with E-state index in [0.29, 0.717) is 6.07 Å². The summed E-state index contributed by atoms with van der Waals surface area (Å²) in [7, 11) is 0. The van der Waals surface area contributed by atoms with E-state index in [0.717, 1.165) is 6.07 Å². The third-order valence-electron chi connectivity index (χ3n) is 2.41. The molecule has 0 fully saturated rings. The fourth-order valence-corrected chi connectivity index (χ4v) is 1.55. The van der Waals surface area contributed by atoms with Crippen LogP contribution in [0, 0.1) is 0 Å². The van der Waals surface area contributed by atoms with Crippen LogP contribution in [0.25, 0.3) is 0 Å². The van der Waals surface area contributed by atoms with Gasteiger partial charge in [0.25, 0.3) is 0 Å². The lowest BCUT2D eigenvalue weighted by molar-refractivity contribution is -0.138. The molecule has 0 saturated carbocycles. The number of hydrogen-bond acceptors (Lipinski definition) is 0. The van der Waals surface area contributed by atoms with Gasteiger partial charge in [-0.05, 0) is 29.2 Å². The van der Waals surface area contributed by atoms with Crippen molar-refractivity contribution in [3.05, 3.63) is 34.9 Å². The molecule has 0 heterocycles. The number of alkyl halides is 6. The van der Waals surface area contributed by atoms with Crippen LogP contribution in [0.5, 0.6) is 0 Å². The van der Waals surface area contributed by atoms with Gasteiger partial charge >= 0.3 is 12.4 Å². The zero-order valence-corrected chi connectivity index (χ0v) is 9.78. The van der Waals surface area contributed by atoms with E-state index in [1.165, 1.54) is 6.07 Å². The van der Waals surface area contributed by atoms with Gasteiger partial charge < -0.3 is 0 Å². The monoisotopic (exact) mass is 270 g/mol. The van der Waals surface area contributed by atoms with E-state index < -0.39 is 24.3 Å². The molecule has 0 aliphatic rings. The van der Waals surface area contributed by atoms with Gasteiger partial charge in [-0.1, -0.05) is 19.9 Å². The predicted molar refractivity (Wildman–Crippen MR) is 55.3 cm³/mol. The molecule has 18 heavy (non-hydrogen) atoms. The van der Waals surface area contributed by atoms with Crippen molar-refractivity contribution >= 4 is 0 Å². The molecular formula is C12H12F6. The number of hydrogen-bond donors (Lipinski definition) is 0. The molecule has 0 amide bonds. The summed E-state index contributed by atoms with van der Waals surface area (Å²) in [6, 6.07) is 2.62. The van der Waals surface area contributed by atoms with E-state index in [2.05, 4.69) is 0 Å². The predicted octanol–water partition coefficient (Wildman–Crippen LogP) is 4.93. The minimum atomic E-state index is -4.63. The summed E-state index contributed by atoms with van der Waals surface area (Å²) in [4.78, 5) is 0. The van der Waals surface area contributed by atoms with Crippen molar-refractivity contribution in [3.63, 3.8) is 0 Å². The Kier molecular flexibility index (Phi) is 3.98. The van der Waals surface area contributed by atoms with Crippen molar-refractivity contribution in [3.8, 4) is 0 Å². The van der Waals surface area contributed by atoms with Crippen LogP contribution in [0.3, 0.4) is 0 Å². The molecule has 102 valence electrons. The minimum absolute atomic E-state index is 0.254. The van der Waals surface area contributed by atoms with E-state index in [9.17, 15) is 26.3 Å². The Hall–Kier alpha value is -1.20. The van der Waals surface area contributed by atoms with E-state index in [4.69, 9.17) is 0 Å². The maximum absolute atomic E-state index is 12.6.